The van der Waals surface area contributed by atoms with E-state index in [4.69, 9.17) is 5.11 Å². The number of nitrogens with zero attached hydrogens (tertiary/aromatic N) is 1. The molecule has 3 unspecified atom stereocenters. The van der Waals surface area contributed by atoms with Gasteiger partial charge in [-0.25, -0.2) is 4.79 Å². The van der Waals surface area contributed by atoms with Crippen LogP contribution in [0.2, 0.25) is 0 Å². The Morgan fingerprint density at radius 3 is 2.67 bits per heavy atom. The van der Waals surface area contributed by atoms with Gasteiger partial charge in [-0.1, -0.05) is 6.92 Å². The molecule has 2 amide bonds. The zero-order valence-electron chi connectivity index (χ0n) is 10.9. The first-order chi connectivity index (χ1) is 8.41. The lowest BCUT2D eigenvalue weighted by Crippen LogP contribution is -2.45. The number of aliphatic hydroxyl groups excluding tert-OH is 1. The van der Waals surface area contributed by atoms with Crippen LogP contribution >= 0.6 is 0 Å². The van der Waals surface area contributed by atoms with Gasteiger partial charge in [-0.3, -0.25) is 4.79 Å². The van der Waals surface area contributed by atoms with Gasteiger partial charge in [-0.15, -0.1) is 0 Å². The second-order valence-electron chi connectivity index (χ2n) is 5.00. The number of nitrogens with one attached hydrogen (secondary N) is 1. The summed E-state index contributed by atoms with van der Waals surface area (Å²) in [5.41, 5.74) is 0. The number of aliphatic carboxylic acids is 1. The second-order valence-corrected chi connectivity index (χ2v) is 5.00. The molecule has 3 atom stereocenters. The summed E-state index contributed by atoms with van der Waals surface area (Å²) in [7, 11) is 0. The molecule has 0 aliphatic carbocycles. The number of aliphatic hydroxyl groups is 1. The molecule has 6 heteroatoms. The molecule has 0 aromatic rings. The summed E-state index contributed by atoms with van der Waals surface area (Å²) < 4.78 is 0. The predicted molar refractivity (Wildman–Crippen MR) is 66.2 cm³/mol. The lowest BCUT2D eigenvalue weighted by Gasteiger charge is -2.26. The number of hydrogen-bond acceptors (Lipinski definition) is 3. The van der Waals surface area contributed by atoms with Crippen molar-refractivity contribution in [1.29, 1.82) is 0 Å². The van der Waals surface area contributed by atoms with Gasteiger partial charge >= 0.3 is 12.0 Å². The van der Waals surface area contributed by atoms with Crippen molar-refractivity contribution in [2.24, 2.45) is 5.92 Å². The number of rotatable bonds is 5. The van der Waals surface area contributed by atoms with Crippen molar-refractivity contribution in [2.45, 2.75) is 45.3 Å². The molecule has 0 spiro atoms. The third kappa shape index (κ3) is 4.18. The van der Waals surface area contributed by atoms with Gasteiger partial charge in [-0.05, 0) is 26.2 Å². The van der Waals surface area contributed by atoms with Crippen LogP contribution in [0.1, 0.15) is 33.1 Å². The van der Waals surface area contributed by atoms with E-state index in [1.807, 2.05) is 0 Å². The van der Waals surface area contributed by atoms with Crippen LogP contribution < -0.4 is 5.32 Å². The number of amides is 2. The topological polar surface area (TPSA) is 89.9 Å². The van der Waals surface area contributed by atoms with Crippen LogP contribution in [-0.4, -0.2) is 52.3 Å². The maximum Gasteiger partial charge on any atom is 0.317 e. The summed E-state index contributed by atoms with van der Waals surface area (Å²) in [6, 6.07) is -0.170. The molecule has 1 fully saturated rings. The number of carbonyl (C=O) groups is 2. The van der Waals surface area contributed by atoms with Crippen molar-refractivity contribution >= 4 is 12.0 Å². The van der Waals surface area contributed by atoms with Gasteiger partial charge in [0.2, 0.25) is 0 Å². The van der Waals surface area contributed by atoms with Crippen LogP contribution in [0, 0.1) is 5.92 Å². The number of likely N-dealkylation sites (tertiary alicyclic amines) is 1. The molecule has 3 N–H and O–H groups in total. The molecular formula is C12H22N2O4. The average Bonchev–Trinajstić information content (AvgIpc) is 2.72. The first-order valence-corrected chi connectivity index (χ1v) is 6.37. The Labute approximate surface area is 107 Å². The smallest absolute Gasteiger partial charge is 0.317 e. The Morgan fingerprint density at radius 1 is 1.44 bits per heavy atom. The number of carboxylic acid groups (broad SMARTS) is 1. The van der Waals surface area contributed by atoms with Crippen molar-refractivity contribution in [3.8, 4) is 0 Å². The fourth-order valence-corrected chi connectivity index (χ4v) is 2.17. The van der Waals surface area contributed by atoms with E-state index in [0.717, 1.165) is 12.8 Å². The third-order valence-corrected chi connectivity index (χ3v) is 3.23. The number of carbonyl (C=O) groups excluding carboxylic acids is 1. The summed E-state index contributed by atoms with van der Waals surface area (Å²) in [5.74, 6) is -1.51. The Bertz CT molecular complexity index is 306. The first-order valence-electron chi connectivity index (χ1n) is 6.37. The Balaban J connectivity index is 2.42. The SMILES string of the molecule is CC(O)CC1CCCN1C(=O)NCC(C)C(=O)O. The summed E-state index contributed by atoms with van der Waals surface area (Å²) in [6.07, 6.45) is 1.97. The van der Waals surface area contributed by atoms with Crippen LogP contribution in [0.15, 0.2) is 0 Å². The third-order valence-electron chi connectivity index (χ3n) is 3.23. The molecule has 1 saturated heterocycles. The second kappa shape index (κ2) is 6.58. The molecule has 1 heterocycles. The molecule has 1 rings (SSSR count). The van der Waals surface area contributed by atoms with Crippen LogP contribution in [0.25, 0.3) is 0 Å². The van der Waals surface area contributed by atoms with E-state index in [1.165, 1.54) is 0 Å². The molecule has 0 saturated carbocycles. The molecule has 0 aromatic carbocycles. The van der Waals surface area contributed by atoms with Gasteiger partial charge in [0.05, 0.1) is 12.0 Å². The molecule has 0 bridgehead atoms. The summed E-state index contributed by atoms with van der Waals surface area (Å²) in [6.45, 7) is 4.07. The summed E-state index contributed by atoms with van der Waals surface area (Å²) >= 11 is 0. The molecule has 6 nitrogen and oxygen atoms in total. The summed E-state index contributed by atoms with van der Waals surface area (Å²) in [5, 5.41) is 20.7. The van der Waals surface area contributed by atoms with Gasteiger partial charge in [0.15, 0.2) is 0 Å². The van der Waals surface area contributed by atoms with Crippen molar-refractivity contribution in [1.82, 2.24) is 10.2 Å². The number of carboxylic acids is 1. The molecular weight excluding hydrogens is 236 g/mol. The van der Waals surface area contributed by atoms with E-state index >= 15 is 0 Å². The minimum Gasteiger partial charge on any atom is -0.481 e. The van der Waals surface area contributed by atoms with Crippen molar-refractivity contribution in [3.05, 3.63) is 0 Å². The quantitative estimate of drug-likeness (QED) is 0.675. The number of urea groups is 1. The number of hydrogen-bond donors (Lipinski definition) is 3. The van der Waals surface area contributed by atoms with E-state index in [1.54, 1.807) is 18.7 Å². The minimum atomic E-state index is -0.919. The van der Waals surface area contributed by atoms with Gasteiger partial charge in [0, 0.05) is 19.1 Å². The molecule has 104 valence electrons. The predicted octanol–water partition coefficient (Wildman–Crippen LogP) is 0.652. The van der Waals surface area contributed by atoms with Gasteiger partial charge < -0.3 is 20.4 Å². The fraction of sp³-hybridized carbons (Fsp3) is 0.833. The maximum atomic E-state index is 11.9. The standard InChI is InChI=1S/C12H22N2O4/c1-8(11(16)17)7-13-12(18)14-5-3-4-10(14)6-9(2)15/h8-10,15H,3-7H2,1-2H3,(H,13,18)(H,16,17). The average molecular weight is 258 g/mol. The molecule has 1 aliphatic rings. The van der Waals surface area contributed by atoms with E-state index in [-0.39, 0.29) is 18.6 Å². The highest BCUT2D eigenvalue weighted by atomic mass is 16.4. The lowest BCUT2D eigenvalue weighted by atomic mass is 10.1. The van der Waals surface area contributed by atoms with Gasteiger partial charge in [-0.2, -0.15) is 0 Å². The van der Waals surface area contributed by atoms with Crippen molar-refractivity contribution in [3.63, 3.8) is 0 Å². The fourth-order valence-electron chi connectivity index (χ4n) is 2.17. The van der Waals surface area contributed by atoms with Crippen molar-refractivity contribution in [2.75, 3.05) is 13.1 Å². The van der Waals surface area contributed by atoms with E-state index < -0.39 is 18.0 Å². The Hall–Kier alpha value is -1.30. The van der Waals surface area contributed by atoms with Crippen LogP contribution in [0.5, 0.6) is 0 Å². The first kappa shape index (κ1) is 14.8. The highest BCUT2D eigenvalue weighted by Crippen LogP contribution is 2.21. The summed E-state index contributed by atoms with van der Waals surface area (Å²) in [4.78, 5) is 24.2. The van der Waals surface area contributed by atoms with E-state index in [0.29, 0.717) is 13.0 Å². The highest BCUT2D eigenvalue weighted by Gasteiger charge is 2.29. The molecule has 0 aromatic heterocycles. The highest BCUT2D eigenvalue weighted by molar-refractivity contribution is 5.76. The monoisotopic (exact) mass is 258 g/mol. The van der Waals surface area contributed by atoms with Gasteiger partial charge in [0.25, 0.3) is 0 Å². The lowest BCUT2D eigenvalue weighted by molar-refractivity contribution is -0.140. The van der Waals surface area contributed by atoms with Crippen LogP contribution in [-0.2, 0) is 4.79 Å². The largest absolute Gasteiger partial charge is 0.481 e. The molecule has 0 radical (unpaired) electrons. The maximum absolute atomic E-state index is 11.9. The minimum absolute atomic E-state index is 0.0603. The zero-order chi connectivity index (χ0) is 13.7. The zero-order valence-corrected chi connectivity index (χ0v) is 10.9. The normalized spacial score (nSPS) is 22.6. The van der Waals surface area contributed by atoms with E-state index in [9.17, 15) is 14.7 Å². The van der Waals surface area contributed by atoms with Gasteiger partial charge in [0.1, 0.15) is 0 Å². The van der Waals surface area contributed by atoms with Crippen molar-refractivity contribution < 1.29 is 19.8 Å². The Kier molecular flexibility index (Phi) is 5.40. The Morgan fingerprint density at radius 2 is 2.11 bits per heavy atom. The molecule has 1 aliphatic heterocycles. The van der Waals surface area contributed by atoms with Crippen LogP contribution in [0.4, 0.5) is 4.79 Å². The molecule has 18 heavy (non-hydrogen) atoms. The van der Waals surface area contributed by atoms with E-state index in [2.05, 4.69) is 5.32 Å². The van der Waals surface area contributed by atoms with Crippen LogP contribution in [0.3, 0.4) is 0 Å².